The highest BCUT2D eigenvalue weighted by Gasteiger charge is 2.36. The number of nitrogens with zero attached hydrogens (tertiary/aromatic N) is 4. The zero-order valence-electron chi connectivity index (χ0n) is 17.1. The number of aromatic nitrogens is 2. The molecule has 1 aromatic heterocycles. The SMILES string of the molecule is C=NC(=CC(=C(N)N)N1CC2CC(c3ccnc(Br)n3)CC(C1)N2)c1ccccc1O. The third kappa shape index (κ3) is 4.72. The molecule has 0 spiro atoms. The average Bonchev–Trinajstić information content (AvgIpc) is 2.74. The molecule has 0 radical (unpaired) electrons. The zero-order chi connectivity index (χ0) is 22.0. The second-order valence-corrected chi connectivity index (χ2v) is 8.64. The molecule has 162 valence electrons. The van der Waals surface area contributed by atoms with Crippen LogP contribution in [0.15, 0.2) is 63.8 Å². The lowest BCUT2D eigenvalue weighted by Gasteiger charge is -2.46. The zero-order valence-corrected chi connectivity index (χ0v) is 18.7. The average molecular weight is 484 g/mol. The highest BCUT2D eigenvalue weighted by molar-refractivity contribution is 9.10. The fourth-order valence-electron chi connectivity index (χ4n) is 4.51. The topological polar surface area (TPSA) is 126 Å². The van der Waals surface area contributed by atoms with Gasteiger partial charge in [-0.15, -0.1) is 0 Å². The highest BCUT2D eigenvalue weighted by Crippen LogP contribution is 2.34. The Kier molecular flexibility index (Phi) is 6.24. The standard InChI is InChI=1S/C22H26BrN7O/c1-26-18(16-4-2-3-5-20(16)31)10-19(21(24)25)30-11-14-8-13(9-15(12-30)28-14)17-6-7-27-22(23)29-17/h2-7,10,13-15,28,31H,1,8-9,11-12,24-25H2. The third-order valence-corrected chi connectivity index (χ3v) is 6.20. The Hall–Kier alpha value is -2.91. The second-order valence-electron chi connectivity index (χ2n) is 7.93. The van der Waals surface area contributed by atoms with Crippen molar-refractivity contribution in [2.24, 2.45) is 16.5 Å². The van der Waals surface area contributed by atoms with Crippen molar-refractivity contribution >= 4 is 28.3 Å². The van der Waals surface area contributed by atoms with Gasteiger partial charge in [-0.1, -0.05) is 12.1 Å². The molecule has 6 N–H and O–H groups in total. The molecular formula is C22H26BrN7O. The third-order valence-electron chi connectivity index (χ3n) is 5.82. The van der Waals surface area contributed by atoms with Crippen LogP contribution >= 0.6 is 15.9 Å². The summed E-state index contributed by atoms with van der Waals surface area (Å²) >= 11 is 3.37. The van der Waals surface area contributed by atoms with E-state index in [9.17, 15) is 5.11 Å². The highest BCUT2D eigenvalue weighted by atomic mass is 79.9. The molecule has 2 saturated heterocycles. The van der Waals surface area contributed by atoms with Crippen LogP contribution in [0.5, 0.6) is 5.75 Å². The first-order chi connectivity index (χ1) is 14.9. The Labute approximate surface area is 189 Å². The van der Waals surface area contributed by atoms with E-state index in [2.05, 4.69) is 47.8 Å². The molecule has 31 heavy (non-hydrogen) atoms. The van der Waals surface area contributed by atoms with Crippen molar-refractivity contribution in [1.29, 1.82) is 0 Å². The van der Waals surface area contributed by atoms with Crippen LogP contribution in [0.3, 0.4) is 0 Å². The molecule has 0 saturated carbocycles. The fraction of sp³-hybridized carbons (Fsp3) is 0.318. The number of hydrogen-bond acceptors (Lipinski definition) is 8. The molecule has 2 fully saturated rings. The number of aromatic hydroxyl groups is 1. The Morgan fingerprint density at radius 2 is 1.94 bits per heavy atom. The maximum absolute atomic E-state index is 10.2. The summed E-state index contributed by atoms with van der Waals surface area (Å²) in [6.07, 6.45) is 5.52. The summed E-state index contributed by atoms with van der Waals surface area (Å²) in [5.74, 6) is 0.725. The number of aliphatic imine (C=N–C) groups is 1. The van der Waals surface area contributed by atoms with Gasteiger partial charge in [-0.05, 0) is 59.8 Å². The lowest BCUT2D eigenvalue weighted by Crippen LogP contribution is -2.59. The normalized spacial score (nSPS) is 23.3. The van der Waals surface area contributed by atoms with Gasteiger partial charge in [-0.3, -0.25) is 4.99 Å². The summed E-state index contributed by atoms with van der Waals surface area (Å²) in [5, 5.41) is 13.9. The molecule has 9 heteroatoms. The van der Waals surface area contributed by atoms with Crippen molar-refractivity contribution in [1.82, 2.24) is 20.2 Å². The van der Waals surface area contributed by atoms with Crippen molar-refractivity contribution in [3.63, 3.8) is 0 Å². The molecule has 2 atom stereocenters. The maximum Gasteiger partial charge on any atom is 0.196 e. The van der Waals surface area contributed by atoms with E-state index in [1.54, 1.807) is 30.5 Å². The number of likely N-dealkylation sites (tertiary alicyclic amines) is 1. The predicted molar refractivity (Wildman–Crippen MR) is 125 cm³/mol. The monoisotopic (exact) mass is 483 g/mol. The van der Waals surface area contributed by atoms with Crippen molar-refractivity contribution in [3.8, 4) is 5.75 Å². The van der Waals surface area contributed by atoms with Gasteiger partial charge in [0.25, 0.3) is 0 Å². The second kappa shape index (κ2) is 9.07. The van der Waals surface area contributed by atoms with Crippen molar-refractivity contribution in [2.75, 3.05) is 13.1 Å². The lowest BCUT2D eigenvalue weighted by molar-refractivity contribution is 0.144. The van der Waals surface area contributed by atoms with Crippen LogP contribution in [-0.4, -0.2) is 51.9 Å². The van der Waals surface area contributed by atoms with Crippen LogP contribution in [0, 0.1) is 0 Å². The van der Waals surface area contributed by atoms with Gasteiger partial charge in [0.05, 0.1) is 11.4 Å². The molecule has 4 rings (SSSR count). The Morgan fingerprint density at radius 1 is 1.23 bits per heavy atom. The minimum absolute atomic E-state index is 0.132. The van der Waals surface area contributed by atoms with Gasteiger partial charge in [0, 0.05) is 48.5 Å². The number of rotatable bonds is 5. The summed E-state index contributed by atoms with van der Waals surface area (Å²) in [7, 11) is 0. The quantitative estimate of drug-likeness (QED) is 0.292. The minimum Gasteiger partial charge on any atom is -0.507 e. The molecule has 8 nitrogen and oxygen atoms in total. The molecule has 1 aromatic carbocycles. The number of halogens is 1. The van der Waals surface area contributed by atoms with Crippen molar-refractivity contribution < 1.29 is 5.11 Å². The van der Waals surface area contributed by atoms with E-state index < -0.39 is 0 Å². The van der Waals surface area contributed by atoms with Crippen LogP contribution in [0.2, 0.25) is 0 Å². The smallest absolute Gasteiger partial charge is 0.196 e. The van der Waals surface area contributed by atoms with Gasteiger partial charge in [0.15, 0.2) is 4.73 Å². The Morgan fingerprint density at radius 3 is 2.55 bits per heavy atom. The molecule has 3 heterocycles. The number of allylic oxidation sites excluding steroid dienone is 1. The molecule has 0 aliphatic carbocycles. The first kappa shape index (κ1) is 21.3. The van der Waals surface area contributed by atoms with Crippen LogP contribution in [0.25, 0.3) is 5.70 Å². The summed E-state index contributed by atoms with van der Waals surface area (Å²) in [6, 6.07) is 9.55. The Balaban J connectivity index is 1.56. The predicted octanol–water partition coefficient (Wildman–Crippen LogP) is 2.29. The molecule has 2 aromatic rings. The van der Waals surface area contributed by atoms with E-state index in [-0.39, 0.29) is 23.7 Å². The van der Waals surface area contributed by atoms with Crippen molar-refractivity contribution in [2.45, 2.75) is 30.8 Å². The molecular weight excluding hydrogens is 458 g/mol. The molecule has 2 unspecified atom stereocenters. The molecule has 2 aliphatic rings. The summed E-state index contributed by atoms with van der Waals surface area (Å²) in [5.41, 5.74) is 15.0. The summed E-state index contributed by atoms with van der Waals surface area (Å²) in [4.78, 5) is 15.0. The molecule has 0 amide bonds. The van der Waals surface area contributed by atoms with Gasteiger partial charge in [-0.25, -0.2) is 9.97 Å². The van der Waals surface area contributed by atoms with E-state index >= 15 is 0 Å². The maximum atomic E-state index is 10.2. The minimum atomic E-state index is 0.132. The Bertz CT molecular complexity index is 1020. The van der Waals surface area contributed by atoms with Crippen LogP contribution in [-0.2, 0) is 0 Å². The van der Waals surface area contributed by atoms with Crippen molar-refractivity contribution in [3.05, 3.63) is 70.1 Å². The number of nitrogens with two attached hydrogens (primary N) is 2. The van der Waals surface area contributed by atoms with Crippen LogP contribution in [0.4, 0.5) is 0 Å². The number of fused-ring (bicyclic) bond motifs is 2. The number of benzene rings is 1. The van der Waals surface area contributed by atoms with Gasteiger partial charge in [0.1, 0.15) is 11.6 Å². The fourth-order valence-corrected chi connectivity index (χ4v) is 4.84. The number of phenolic OH excluding ortho intramolecular Hbond substituents is 1. The number of para-hydroxylation sites is 1. The molecule has 2 aliphatic heterocycles. The number of piperidine rings is 1. The lowest BCUT2D eigenvalue weighted by atomic mass is 9.83. The van der Waals surface area contributed by atoms with Gasteiger partial charge >= 0.3 is 0 Å². The van der Waals surface area contributed by atoms with Gasteiger partial charge in [-0.2, -0.15) is 0 Å². The molecule has 2 bridgehead atoms. The summed E-state index contributed by atoms with van der Waals surface area (Å²) < 4.78 is 0.621. The van der Waals surface area contributed by atoms with Gasteiger partial charge in [0.2, 0.25) is 0 Å². The number of nitrogens with one attached hydrogen (secondary N) is 1. The van der Waals surface area contributed by atoms with E-state index in [1.807, 2.05) is 12.1 Å². The van der Waals surface area contributed by atoms with E-state index in [0.29, 0.717) is 27.6 Å². The largest absolute Gasteiger partial charge is 0.507 e. The van der Waals surface area contributed by atoms with Gasteiger partial charge < -0.3 is 26.8 Å². The number of phenols is 1. The van der Waals surface area contributed by atoms with Crippen LogP contribution in [0.1, 0.15) is 30.0 Å². The van der Waals surface area contributed by atoms with E-state index in [0.717, 1.165) is 31.6 Å². The first-order valence-electron chi connectivity index (χ1n) is 10.2. The van der Waals surface area contributed by atoms with Crippen LogP contribution < -0.4 is 16.8 Å². The number of hydrogen-bond donors (Lipinski definition) is 4. The van der Waals surface area contributed by atoms with E-state index in [1.165, 1.54) is 0 Å². The van der Waals surface area contributed by atoms with E-state index in [4.69, 9.17) is 11.5 Å². The summed E-state index contributed by atoms with van der Waals surface area (Å²) in [6.45, 7) is 5.18. The number of piperazine rings is 1. The first-order valence-corrected chi connectivity index (χ1v) is 11.0.